The van der Waals surface area contributed by atoms with Crippen molar-refractivity contribution in [3.63, 3.8) is 0 Å². The normalized spacial score (nSPS) is 10.8. The molecule has 0 radical (unpaired) electrons. The summed E-state index contributed by atoms with van der Waals surface area (Å²) in [5.74, 6) is -2.30. The molecule has 0 saturated carbocycles. The van der Waals surface area contributed by atoms with E-state index in [1.807, 2.05) is 36.4 Å². The number of rotatable bonds is 16. The Hall–Kier alpha value is -4.04. The van der Waals surface area contributed by atoms with Crippen molar-refractivity contribution in [1.82, 2.24) is 16.0 Å². The van der Waals surface area contributed by atoms with Crippen molar-refractivity contribution in [2.45, 2.75) is 31.9 Å². The van der Waals surface area contributed by atoms with Crippen molar-refractivity contribution in [2.24, 2.45) is 16.5 Å². The molecule has 0 bridgehead atoms. The van der Waals surface area contributed by atoms with Gasteiger partial charge in [0.05, 0.1) is 19.6 Å². The van der Waals surface area contributed by atoms with Gasteiger partial charge < -0.3 is 42.5 Å². The minimum absolute atomic E-state index is 0.0102. The van der Waals surface area contributed by atoms with Gasteiger partial charge in [-0.25, -0.2) is 0 Å². The second kappa shape index (κ2) is 22.9. The molecule has 13 heteroatoms. The third kappa shape index (κ3) is 22.0. The Labute approximate surface area is 234 Å². The number of aliphatic hydroxyl groups excluding tert-OH is 1. The number of nitrogens with one attached hydrogen (secondary N) is 3. The van der Waals surface area contributed by atoms with E-state index in [4.69, 9.17) is 31.9 Å². The lowest BCUT2D eigenvalue weighted by molar-refractivity contribution is -0.137. The molecule has 0 saturated heterocycles. The molecule has 1 atom stereocenters. The zero-order chi connectivity index (χ0) is 30.2. The van der Waals surface area contributed by atoms with E-state index in [1.165, 1.54) is 18.1 Å². The number of carboxylic acids is 3. The lowest BCUT2D eigenvalue weighted by atomic mass is 9.88. The van der Waals surface area contributed by atoms with Gasteiger partial charge in [-0.2, -0.15) is 0 Å². The van der Waals surface area contributed by atoms with Crippen LogP contribution in [0.5, 0.6) is 0 Å². The first-order chi connectivity index (χ1) is 19.0. The quantitative estimate of drug-likeness (QED) is 0.0578. The monoisotopic (exact) mass is 562 g/mol. The summed E-state index contributed by atoms with van der Waals surface area (Å²) in [6.07, 6.45) is 0.859. The van der Waals surface area contributed by atoms with Crippen LogP contribution in [0.4, 0.5) is 0 Å². The summed E-state index contributed by atoms with van der Waals surface area (Å²) >= 11 is 0. The van der Waals surface area contributed by atoms with E-state index in [-0.39, 0.29) is 25.6 Å². The van der Waals surface area contributed by atoms with Gasteiger partial charge in [-0.1, -0.05) is 60.7 Å². The van der Waals surface area contributed by atoms with Crippen molar-refractivity contribution < 1.29 is 34.8 Å². The molecule has 2 aromatic carbocycles. The van der Waals surface area contributed by atoms with Gasteiger partial charge >= 0.3 is 17.9 Å². The fourth-order valence-corrected chi connectivity index (χ4v) is 3.18. The Balaban J connectivity index is 0.000000648. The van der Waals surface area contributed by atoms with Crippen LogP contribution < -0.4 is 27.4 Å². The highest BCUT2D eigenvalue weighted by Gasteiger charge is 2.13. The molecule has 0 amide bonds. The van der Waals surface area contributed by atoms with Gasteiger partial charge in [-0.05, 0) is 44.0 Å². The molecular weight excluding hydrogens is 520 g/mol. The van der Waals surface area contributed by atoms with Crippen molar-refractivity contribution in [3.05, 3.63) is 71.8 Å². The number of aliphatic carboxylic acids is 3. The van der Waals surface area contributed by atoms with Gasteiger partial charge in [0, 0.05) is 12.5 Å². The van der Waals surface area contributed by atoms with Gasteiger partial charge in [0.1, 0.15) is 6.23 Å². The average molecular weight is 563 g/mol. The minimum Gasteiger partial charge on any atom is -0.480 e. The number of guanidine groups is 1. The highest BCUT2D eigenvalue weighted by molar-refractivity contribution is 5.75. The highest BCUT2D eigenvalue weighted by atomic mass is 16.4. The summed E-state index contributed by atoms with van der Waals surface area (Å²) < 4.78 is 0. The maximum absolute atomic E-state index is 10.5. The second-order valence-corrected chi connectivity index (χ2v) is 8.41. The van der Waals surface area contributed by atoms with Crippen LogP contribution in [0.15, 0.2) is 65.7 Å². The summed E-state index contributed by atoms with van der Waals surface area (Å²) in [7, 11) is 0. The topological polar surface area (TPSA) is 233 Å². The molecule has 11 N–H and O–H groups in total. The first-order valence-corrected chi connectivity index (χ1v) is 12.7. The number of aliphatic hydroxyl groups is 1. The number of carbonyl (C=O) groups is 3. The van der Waals surface area contributed by atoms with E-state index in [9.17, 15) is 14.4 Å². The molecule has 2 rings (SSSR count). The lowest BCUT2D eigenvalue weighted by Gasteiger charge is -2.18. The zero-order valence-corrected chi connectivity index (χ0v) is 22.7. The molecule has 1 unspecified atom stereocenters. The first-order valence-electron chi connectivity index (χ1n) is 12.7. The number of nitrogens with zero attached hydrogens (tertiary/aromatic N) is 1. The third-order valence-corrected chi connectivity index (χ3v) is 4.92. The summed E-state index contributed by atoms with van der Waals surface area (Å²) in [6, 6.07) is 20.6. The van der Waals surface area contributed by atoms with Crippen LogP contribution in [-0.4, -0.2) is 89.8 Å². The SMILES string of the molecule is CC(O)NCC(=O)O.NC(N)=NCCCNCC(=O)O.O=C(O)CNCCC(c1ccccc1)c1ccccc1. The molecule has 0 spiro atoms. The van der Waals surface area contributed by atoms with Crippen LogP contribution in [0, 0.1) is 0 Å². The summed E-state index contributed by atoms with van der Waals surface area (Å²) in [4.78, 5) is 34.0. The zero-order valence-electron chi connectivity index (χ0n) is 22.7. The van der Waals surface area contributed by atoms with Crippen molar-refractivity contribution >= 4 is 23.9 Å². The molecule has 222 valence electrons. The summed E-state index contributed by atoms with van der Waals surface area (Å²) in [6.45, 7) is 3.05. The summed E-state index contributed by atoms with van der Waals surface area (Å²) in [5, 5.41) is 41.3. The van der Waals surface area contributed by atoms with E-state index in [0.717, 1.165) is 12.8 Å². The smallest absolute Gasteiger partial charge is 0.317 e. The number of benzene rings is 2. The highest BCUT2D eigenvalue weighted by Crippen LogP contribution is 2.27. The molecule has 0 aliphatic carbocycles. The summed E-state index contributed by atoms with van der Waals surface area (Å²) in [5.41, 5.74) is 12.7. The largest absolute Gasteiger partial charge is 0.480 e. The Morgan fingerprint density at radius 2 is 1.23 bits per heavy atom. The molecule has 0 heterocycles. The standard InChI is InChI=1S/C17H19NO2.C6H14N4O2.C4H9NO3/c19-17(20)13-18-12-11-16(14-7-3-1-4-8-14)15-9-5-2-6-10-15;7-6(8)10-3-1-2-9-4-5(11)12;1-3(6)5-2-4(7)8/h1-10,16,18H,11-13H2,(H,19,20);9H,1-4H2,(H,11,12)(H4,7,8,10);3,5-6H,2H2,1H3,(H,7,8). The second-order valence-electron chi connectivity index (χ2n) is 8.41. The van der Waals surface area contributed by atoms with Gasteiger partial charge in [-0.3, -0.25) is 24.7 Å². The first kappa shape index (κ1) is 36.0. The lowest BCUT2D eigenvalue weighted by Crippen LogP contribution is -2.30. The van der Waals surface area contributed by atoms with Crippen LogP contribution in [-0.2, 0) is 14.4 Å². The van der Waals surface area contributed by atoms with E-state index < -0.39 is 24.1 Å². The molecule has 13 nitrogen and oxygen atoms in total. The van der Waals surface area contributed by atoms with Gasteiger partial charge in [0.15, 0.2) is 5.96 Å². The number of hydrogen-bond acceptors (Lipinski definition) is 8. The van der Waals surface area contributed by atoms with Crippen molar-refractivity contribution in [2.75, 3.05) is 39.3 Å². The molecule has 0 aliphatic rings. The fourth-order valence-electron chi connectivity index (χ4n) is 3.18. The maximum Gasteiger partial charge on any atom is 0.317 e. The van der Waals surface area contributed by atoms with Crippen LogP contribution >= 0.6 is 0 Å². The van der Waals surface area contributed by atoms with E-state index in [1.54, 1.807) is 0 Å². The Morgan fingerprint density at radius 3 is 1.60 bits per heavy atom. The maximum atomic E-state index is 10.5. The Kier molecular flexibility index (Phi) is 20.6. The molecular formula is C27H42N6O7. The van der Waals surface area contributed by atoms with Crippen LogP contribution in [0.2, 0.25) is 0 Å². The molecule has 0 fully saturated rings. The van der Waals surface area contributed by atoms with Gasteiger partial charge in [-0.15, -0.1) is 0 Å². The molecule has 0 aromatic heterocycles. The van der Waals surface area contributed by atoms with Crippen molar-refractivity contribution in [1.29, 1.82) is 0 Å². The Morgan fingerprint density at radius 1 is 0.775 bits per heavy atom. The van der Waals surface area contributed by atoms with E-state index in [0.29, 0.717) is 25.6 Å². The van der Waals surface area contributed by atoms with Gasteiger partial charge in [0.25, 0.3) is 0 Å². The Bertz CT molecular complexity index is 948. The van der Waals surface area contributed by atoms with Crippen LogP contribution in [0.1, 0.15) is 36.8 Å². The molecule has 0 aliphatic heterocycles. The van der Waals surface area contributed by atoms with E-state index in [2.05, 4.69) is 45.2 Å². The number of hydrogen-bond donors (Lipinski definition) is 9. The fraction of sp³-hybridized carbons (Fsp3) is 0.407. The van der Waals surface area contributed by atoms with Crippen LogP contribution in [0.25, 0.3) is 0 Å². The predicted octanol–water partition coefficient (Wildman–Crippen LogP) is 0.206. The predicted molar refractivity (Wildman–Crippen MR) is 153 cm³/mol. The molecule has 2 aromatic rings. The molecule has 40 heavy (non-hydrogen) atoms. The number of carboxylic acid groups (broad SMARTS) is 3. The van der Waals surface area contributed by atoms with Crippen molar-refractivity contribution in [3.8, 4) is 0 Å². The third-order valence-electron chi connectivity index (χ3n) is 4.92. The van der Waals surface area contributed by atoms with E-state index >= 15 is 0 Å². The minimum atomic E-state index is -0.967. The number of aliphatic imine (C=N–C) groups is 1. The average Bonchev–Trinajstić information content (AvgIpc) is 2.91. The number of nitrogens with two attached hydrogens (primary N) is 2. The van der Waals surface area contributed by atoms with Crippen LogP contribution in [0.3, 0.4) is 0 Å². The van der Waals surface area contributed by atoms with Gasteiger partial charge in [0.2, 0.25) is 0 Å².